The summed E-state index contributed by atoms with van der Waals surface area (Å²) in [6.07, 6.45) is 0. The summed E-state index contributed by atoms with van der Waals surface area (Å²) in [6, 6.07) is 0. The molecule has 0 atom stereocenters. The first-order chi connectivity index (χ1) is 5.09. The first-order valence-electron chi connectivity index (χ1n) is 2.39. The van der Waals surface area contributed by atoms with Gasteiger partial charge in [0, 0.05) is 0 Å². The van der Waals surface area contributed by atoms with E-state index in [1.54, 1.807) is 0 Å². The van der Waals surface area contributed by atoms with E-state index in [0.29, 0.717) is 0 Å². The Balaban J connectivity index is 2.16. The van der Waals surface area contributed by atoms with Gasteiger partial charge in [0.15, 0.2) is 0 Å². The van der Waals surface area contributed by atoms with Crippen LogP contribution in [0.1, 0.15) is 0 Å². The third kappa shape index (κ3) is 1.80. The molecule has 0 nitrogen and oxygen atoms in total. The van der Waals surface area contributed by atoms with Crippen LogP contribution in [0.4, 0.5) is 0 Å². The van der Waals surface area contributed by atoms with Gasteiger partial charge in [-0.3, -0.25) is 0 Å². The molecule has 62 valence electrons. The van der Waals surface area contributed by atoms with Gasteiger partial charge in [0.25, 0.3) is 0 Å². The van der Waals surface area contributed by atoms with Gasteiger partial charge in [-0.1, -0.05) is 0 Å². The number of hydrogen-bond acceptors (Lipinski definition) is 7. The fourth-order valence-electron chi connectivity index (χ4n) is 0.703. The van der Waals surface area contributed by atoms with Gasteiger partial charge < -0.3 is 0 Å². The quantitative estimate of drug-likeness (QED) is 0.407. The van der Waals surface area contributed by atoms with E-state index in [-0.39, 0.29) is 0 Å². The summed E-state index contributed by atoms with van der Waals surface area (Å²) in [6.45, 7) is 0. The van der Waals surface area contributed by atoms with Crippen LogP contribution in [0, 0.1) is 0 Å². The van der Waals surface area contributed by atoms with Crippen molar-refractivity contribution < 1.29 is 0 Å². The molecule has 0 N–H and O–H groups in total. The van der Waals surface area contributed by atoms with E-state index in [9.17, 15) is 0 Å². The predicted octanol–water partition coefficient (Wildman–Crippen LogP) is 4.20. The normalized spacial score (nSPS) is 65.8. The first kappa shape index (κ1) is 10.3. The van der Waals surface area contributed by atoms with Gasteiger partial charge in [0.05, 0.1) is 0 Å². The van der Waals surface area contributed by atoms with E-state index >= 15 is 0 Å². The van der Waals surface area contributed by atoms with E-state index in [1.165, 1.54) is 0 Å². The molecule has 0 unspecified atom stereocenters. The second kappa shape index (κ2) is 3.33. The zero-order valence-corrected chi connectivity index (χ0v) is 15.9. The van der Waals surface area contributed by atoms with Gasteiger partial charge >= 0.3 is 101 Å². The Hall–Kier alpha value is 4.17. The minimum absolute atomic E-state index is 0.477. The Labute approximate surface area is 98.9 Å². The Morgan fingerprint density at radius 1 is 0.818 bits per heavy atom. The molecule has 11 heteroatoms. The Morgan fingerprint density at radius 2 is 1.18 bits per heavy atom. The molecular weight excluding hydrogens is 436 g/mol. The molecule has 4 fully saturated rings. The van der Waals surface area contributed by atoms with Crippen molar-refractivity contribution in [2.24, 2.45) is 0 Å². The molecular formula is As2P2S7. The van der Waals surface area contributed by atoms with Gasteiger partial charge in [-0.05, 0) is 0 Å². The van der Waals surface area contributed by atoms with E-state index < -0.39 is 27.8 Å². The summed E-state index contributed by atoms with van der Waals surface area (Å²) in [5.41, 5.74) is 0. The van der Waals surface area contributed by atoms with Crippen molar-refractivity contribution in [3.63, 3.8) is 0 Å². The van der Waals surface area contributed by atoms with Crippen LogP contribution >= 0.6 is 56.9 Å². The van der Waals surface area contributed by atoms with Gasteiger partial charge in [0.2, 0.25) is 0 Å². The van der Waals surface area contributed by atoms with Crippen molar-refractivity contribution in [3.8, 4) is 0 Å². The third-order valence-electron chi connectivity index (χ3n) is 1.01. The minimum atomic E-state index is -0.976. The summed E-state index contributed by atoms with van der Waals surface area (Å²) in [5, 5.41) is 0. The summed E-state index contributed by atoms with van der Waals surface area (Å²) < 4.78 is -1.95. The van der Waals surface area contributed by atoms with Crippen LogP contribution in [0.5, 0.6) is 0 Å². The second-order valence-corrected chi connectivity index (χ2v) is 75.1. The molecule has 4 rings (SSSR count). The van der Waals surface area contributed by atoms with Crippen LogP contribution in [0.3, 0.4) is 0 Å². The molecule has 0 radical (unpaired) electrons. The summed E-state index contributed by atoms with van der Waals surface area (Å²) in [4.78, 5) is 0. The standard InChI is InChI=1S/As2P2S7/c5-3-7-1-2(9-3)10-4(6,8-1)11-3. The molecule has 11 heavy (non-hydrogen) atoms. The van der Waals surface area contributed by atoms with Crippen molar-refractivity contribution in [2.45, 2.75) is 0 Å². The predicted molar refractivity (Wildman–Crippen MR) is 78.0 cm³/mol. The van der Waals surface area contributed by atoms with Gasteiger partial charge in [-0.2, -0.15) is 0 Å². The Morgan fingerprint density at radius 3 is 1.45 bits per heavy atom. The van der Waals surface area contributed by atoms with Crippen LogP contribution in [-0.4, -0.2) is 20.5 Å². The zero-order valence-electron chi connectivity index (χ0n) is 4.65. The van der Waals surface area contributed by atoms with E-state index in [0.717, 1.165) is 0 Å². The van der Waals surface area contributed by atoms with E-state index in [4.69, 9.17) is 23.6 Å². The molecule has 0 aliphatic carbocycles. The van der Waals surface area contributed by atoms with E-state index in [1.807, 2.05) is 0 Å². The summed E-state index contributed by atoms with van der Waals surface area (Å²) >= 11 is 13.4. The second-order valence-electron chi connectivity index (χ2n) is 1.78. The van der Waals surface area contributed by atoms with Crippen LogP contribution in [0.25, 0.3) is 0 Å². The maximum atomic E-state index is 5.68. The Kier molecular flexibility index (Phi) is 3.12. The van der Waals surface area contributed by atoms with Crippen molar-refractivity contribution in [1.29, 1.82) is 0 Å². The molecule has 4 aliphatic heterocycles. The fraction of sp³-hybridized carbons (Fsp3) is 0. The molecule has 0 aromatic heterocycles. The summed E-state index contributed by atoms with van der Waals surface area (Å²) in [7, 11) is 8.12. The molecule has 4 bridgehead atoms. The fourth-order valence-corrected chi connectivity index (χ4v) is 375. The van der Waals surface area contributed by atoms with Crippen molar-refractivity contribution >= 4 is 101 Å². The van der Waals surface area contributed by atoms with Crippen molar-refractivity contribution in [3.05, 3.63) is 0 Å². The maximum absolute atomic E-state index is 5.68. The topological polar surface area (TPSA) is 0 Å². The van der Waals surface area contributed by atoms with Gasteiger partial charge in [0.1, 0.15) is 0 Å². The SMILES string of the molecule is S=P12S[As]3SP(=S)(S[As]3S1)S2. The molecule has 4 heterocycles. The van der Waals surface area contributed by atoms with Crippen LogP contribution in [0.15, 0.2) is 0 Å². The number of hydrogen-bond donors (Lipinski definition) is 0. The molecule has 0 amide bonds. The molecule has 4 saturated heterocycles. The number of rotatable bonds is 0. The van der Waals surface area contributed by atoms with Gasteiger partial charge in [-0.15, -0.1) is 0 Å². The average Bonchev–Trinajstić information content (AvgIpc) is 2.11. The van der Waals surface area contributed by atoms with Crippen molar-refractivity contribution in [2.75, 3.05) is 0 Å². The van der Waals surface area contributed by atoms with Crippen LogP contribution in [-0.2, 0) is 23.6 Å². The van der Waals surface area contributed by atoms with Crippen LogP contribution in [0.2, 0.25) is 0 Å². The van der Waals surface area contributed by atoms with Crippen LogP contribution < -0.4 is 0 Å². The molecule has 0 saturated carbocycles. The Bertz CT molecular complexity index is 260. The summed E-state index contributed by atoms with van der Waals surface area (Å²) in [5.74, 6) is 0. The molecule has 0 aromatic carbocycles. The molecule has 4 aliphatic rings. The average molecular weight is 436 g/mol. The zero-order chi connectivity index (χ0) is 7.69. The van der Waals surface area contributed by atoms with Gasteiger partial charge in [-0.25, -0.2) is 0 Å². The molecule has 0 spiro atoms. The molecule has 0 aromatic rings. The first-order valence-corrected chi connectivity index (χ1v) is 29.9. The van der Waals surface area contributed by atoms with Crippen molar-refractivity contribution in [1.82, 2.24) is 0 Å². The third-order valence-corrected chi connectivity index (χ3v) is 159. The van der Waals surface area contributed by atoms with E-state index in [2.05, 4.69) is 49.6 Å². The monoisotopic (exact) mass is 436 g/mol.